The van der Waals surface area contributed by atoms with Crippen LogP contribution in [0.3, 0.4) is 0 Å². The van der Waals surface area contributed by atoms with E-state index in [1.165, 1.54) is 0 Å². The van der Waals surface area contributed by atoms with Gasteiger partial charge in [-0.2, -0.15) is 0 Å². The molecule has 0 aliphatic heterocycles. The number of urea groups is 1. The molecule has 1 fully saturated rings. The van der Waals surface area contributed by atoms with Crippen molar-refractivity contribution in [3.63, 3.8) is 0 Å². The van der Waals surface area contributed by atoms with Crippen LogP contribution in [-0.2, 0) is 16.0 Å². The number of ether oxygens (including phenoxy) is 1. The first-order valence-corrected chi connectivity index (χ1v) is 6.97. The Hall–Kier alpha value is -2.08. The standard InChI is InChI=1S/C15H20N2O4/c1-21-9-8-17(13-6-7-13)15(20)16-12-4-2-11(3-5-12)10-14(18)19/h2-5,13H,6-10H2,1H3,(H,16,20)(H,18,19). The number of hydrogen-bond acceptors (Lipinski definition) is 3. The molecule has 2 N–H and O–H groups in total. The van der Waals surface area contributed by atoms with E-state index in [0.29, 0.717) is 30.4 Å². The number of nitrogens with one attached hydrogen (secondary N) is 1. The van der Waals surface area contributed by atoms with Crippen LogP contribution in [0.15, 0.2) is 24.3 Å². The zero-order chi connectivity index (χ0) is 15.2. The number of amides is 2. The molecule has 0 bridgehead atoms. The van der Waals surface area contributed by atoms with Crippen molar-refractivity contribution >= 4 is 17.7 Å². The van der Waals surface area contributed by atoms with Crippen LogP contribution in [0.4, 0.5) is 10.5 Å². The molecule has 0 saturated heterocycles. The molecule has 0 aromatic heterocycles. The lowest BCUT2D eigenvalue weighted by Gasteiger charge is -2.22. The minimum absolute atomic E-state index is 0.0176. The number of hydrogen-bond donors (Lipinski definition) is 2. The summed E-state index contributed by atoms with van der Waals surface area (Å²) < 4.78 is 5.03. The Labute approximate surface area is 123 Å². The van der Waals surface area contributed by atoms with E-state index in [0.717, 1.165) is 12.8 Å². The molecule has 1 aromatic carbocycles. The Balaban J connectivity index is 1.92. The number of carbonyl (C=O) groups is 2. The fraction of sp³-hybridized carbons (Fsp3) is 0.467. The minimum Gasteiger partial charge on any atom is -0.481 e. The van der Waals surface area contributed by atoms with Crippen LogP contribution in [0, 0.1) is 0 Å². The van der Waals surface area contributed by atoms with E-state index in [-0.39, 0.29) is 12.5 Å². The van der Waals surface area contributed by atoms with Gasteiger partial charge in [0.2, 0.25) is 0 Å². The SMILES string of the molecule is COCCN(C(=O)Nc1ccc(CC(=O)O)cc1)C1CC1. The van der Waals surface area contributed by atoms with E-state index in [1.807, 2.05) is 0 Å². The van der Waals surface area contributed by atoms with Crippen molar-refractivity contribution in [2.24, 2.45) is 0 Å². The van der Waals surface area contributed by atoms with Crippen LogP contribution in [-0.4, -0.2) is 48.3 Å². The second-order valence-corrected chi connectivity index (χ2v) is 5.11. The molecule has 1 aliphatic carbocycles. The third kappa shape index (κ3) is 4.75. The van der Waals surface area contributed by atoms with Crippen molar-refractivity contribution in [3.8, 4) is 0 Å². The summed E-state index contributed by atoms with van der Waals surface area (Å²) in [6.07, 6.45) is 2.06. The topological polar surface area (TPSA) is 78.9 Å². The van der Waals surface area contributed by atoms with Gasteiger partial charge in [0.1, 0.15) is 0 Å². The highest BCUT2D eigenvalue weighted by Crippen LogP contribution is 2.27. The molecule has 0 atom stereocenters. The predicted octanol–water partition coefficient (Wildman–Crippen LogP) is 1.96. The fourth-order valence-corrected chi connectivity index (χ4v) is 2.10. The molecule has 2 rings (SSSR count). The van der Waals surface area contributed by atoms with Gasteiger partial charge in [-0.25, -0.2) is 4.79 Å². The van der Waals surface area contributed by atoms with Crippen molar-refractivity contribution in [3.05, 3.63) is 29.8 Å². The highest BCUT2D eigenvalue weighted by molar-refractivity contribution is 5.89. The zero-order valence-electron chi connectivity index (χ0n) is 12.0. The number of methoxy groups -OCH3 is 1. The summed E-state index contributed by atoms with van der Waals surface area (Å²) >= 11 is 0. The van der Waals surface area contributed by atoms with Gasteiger partial charge in [-0.15, -0.1) is 0 Å². The number of anilines is 1. The predicted molar refractivity (Wildman–Crippen MR) is 78.4 cm³/mol. The van der Waals surface area contributed by atoms with Gasteiger partial charge in [0, 0.05) is 25.4 Å². The molecule has 0 spiro atoms. The van der Waals surface area contributed by atoms with Gasteiger partial charge in [0.15, 0.2) is 0 Å². The van der Waals surface area contributed by atoms with Gasteiger partial charge >= 0.3 is 12.0 Å². The number of aliphatic carboxylic acids is 1. The van der Waals surface area contributed by atoms with Crippen LogP contribution in [0.25, 0.3) is 0 Å². The van der Waals surface area contributed by atoms with Gasteiger partial charge in [-0.05, 0) is 30.5 Å². The van der Waals surface area contributed by atoms with Crippen molar-refractivity contribution in [2.75, 3.05) is 25.6 Å². The molecule has 0 radical (unpaired) electrons. The van der Waals surface area contributed by atoms with Gasteiger partial charge < -0.3 is 20.1 Å². The Morgan fingerprint density at radius 2 is 2.00 bits per heavy atom. The highest BCUT2D eigenvalue weighted by atomic mass is 16.5. The molecular formula is C15H20N2O4. The summed E-state index contributed by atoms with van der Waals surface area (Å²) in [5.41, 5.74) is 1.37. The maximum Gasteiger partial charge on any atom is 0.322 e. The maximum absolute atomic E-state index is 12.2. The van der Waals surface area contributed by atoms with Gasteiger partial charge in [-0.1, -0.05) is 12.1 Å². The smallest absolute Gasteiger partial charge is 0.322 e. The maximum atomic E-state index is 12.2. The molecular weight excluding hydrogens is 272 g/mol. The van der Waals surface area contributed by atoms with Crippen LogP contribution in [0.2, 0.25) is 0 Å². The normalized spacial score (nSPS) is 13.8. The quantitative estimate of drug-likeness (QED) is 0.805. The number of carboxylic acid groups (broad SMARTS) is 1. The van der Waals surface area contributed by atoms with E-state index in [4.69, 9.17) is 9.84 Å². The number of carboxylic acids is 1. The fourth-order valence-electron chi connectivity index (χ4n) is 2.10. The number of rotatable bonds is 7. The second-order valence-electron chi connectivity index (χ2n) is 5.11. The number of benzene rings is 1. The molecule has 114 valence electrons. The van der Waals surface area contributed by atoms with E-state index >= 15 is 0 Å². The average Bonchev–Trinajstić information content (AvgIpc) is 3.25. The third-order valence-corrected chi connectivity index (χ3v) is 3.35. The summed E-state index contributed by atoms with van der Waals surface area (Å²) in [6.45, 7) is 1.09. The minimum atomic E-state index is -0.869. The summed E-state index contributed by atoms with van der Waals surface area (Å²) in [7, 11) is 1.62. The first kappa shape index (κ1) is 15.3. The van der Waals surface area contributed by atoms with Gasteiger partial charge in [-0.3, -0.25) is 4.79 Å². The average molecular weight is 292 g/mol. The number of carbonyl (C=O) groups excluding carboxylic acids is 1. The summed E-state index contributed by atoms with van der Waals surface area (Å²) in [5, 5.41) is 11.6. The van der Waals surface area contributed by atoms with Crippen LogP contribution in [0.1, 0.15) is 18.4 Å². The summed E-state index contributed by atoms with van der Waals surface area (Å²) in [4.78, 5) is 24.6. The van der Waals surface area contributed by atoms with Crippen molar-refractivity contribution in [2.45, 2.75) is 25.3 Å². The van der Waals surface area contributed by atoms with E-state index in [1.54, 1.807) is 36.3 Å². The highest BCUT2D eigenvalue weighted by Gasteiger charge is 2.32. The lowest BCUT2D eigenvalue weighted by atomic mass is 10.1. The molecule has 6 nitrogen and oxygen atoms in total. The molecule has 1 saturated carbocycles. The van der Waals surface area contributed by atoms with Gasteiger partial charge in [0.25, 0.3) is 0 Å². The summed E-state index contributed by atoms with van der Waals surface area (Å²) in [6, 6.07) is 7.03. The molecule has 0 unspecified atom stereocenters. The Morgan fingerprint density at radius 3 is 2.52 bits per heavy atom. The second kappa shape index (κ2) is 7.08. The van der Waals surface area contributed by atoms with Crippen LogP contribution < -0.4 is 5.32 Å². The summed E-state index contributed by atoms with van der Waals surface area (Å²) in [5.74, 6) is -0.869. The molecule has 2 amide bonds. The van der Waals surface area contributed by atoms with Crippen LogP contribution in [0.5, 0.6) is 0 Å². The van der Waals surface area contributed by atoms with E-state index in [2.05, 4.69) is 5.32 Å². The van der Waals surface area contributed by atoms with E-state index in [9.17, 15) is 9.59 Å². The molecule has 1 aliphatic rings. The van der Waals surface area contributed by atoms with Gasteiger partial charge in [0.05, 0.1) is 13.0 Å². The molecule has 0 heterocycles. The third-order valence-electron chi connectivity index (χ3n) is 3.35. The first-order valence-electron chi connectivity index (χ1n) is 6.97. The first-order chi connectivity index (χ1) is 10.1. The van der Waals surface area contributed by atoms with Crippen LogP contribution >= 0.6 is 0 Å². The molecule has 1 aromatic rings. The van der Waals surface area contributed by atoms with Crippen molar-refractivity contribution in [1.29, 1.82) is 0 Å². The largest absolute Gasteiger partial charge is 0.481 e. The lowest BCUT2D eigenvalue weighted by Crippen LogP contribution is -2.39. The Kier molecular flexibility index (Phi) is 5.16. The molecule has 21 heavy (non-hydrogen) atoms. The van der Waals surface area contributed by atoms with Crippen molar-refractivity contribution < 1.29 is 19.4 Å². The Bertz CT molecular complexity index is 497. The Morgan fingerprint density at radius 1 is 1.33 bits per heavy atom. The number of nitrogens with zero attached hydrogens (tertiary/aromatic N) is 1. The van der Waals surface area contributed by atoms with Crippen molar-refractivity contribution in [1.82, 2.24) is 4.90 Å². The van der Waals surface area contributed by atoms with E-state index < -0.39 is 5.97 Å². The lowest BCUT2D eigenvalue weighted by molar-refractivity contribution is -0.136. The monoisotopic (exact) mass is 292 g/mol. The molecule has 6 heteroatoms. The zero-order valence-corrected chi connectivity index (χ0v) is 12.0.